The number of para-hydroxylation sites is 1. The van der Waals surface area contributed by atoms with Gasteiger partial charge in [0.2, 0.25) is 0 Å². The largest absolute Gasteiger partial charge is 0.392 e. The number of allylic oxidation sites excluding steroid dienone is 2. The van der Waals surface area contributed by atoms with Gasteiger partial charge in [-0.1, -0.05) is 24.3 Å². The first-order valence-electron chi connectivity index (χ1n) is 8.99. The minimum absolute atomic E-state index is 0.0193. The highest BCUT2D eigenvalue weighted by Gasteiger charge is 2.39. The Bertz CT molecular complexity index is 941. The number of aromatic nitrogens is 1. The van der Waals surface area contributed by atoms with E-state index in [-0.39, 0.29) is 18.7 Å². The van der Waals surface area contributed by atoms with Crippen molar-refractivity contribution in [3.05, 3.63) is 47.7 Å². The number of amides is 1. The second kappa shape index (κ2) is 8.43. The van der Waals surface area contributed by atoms with Crippen molar-refractivity contribution in [1.82, 2.24) is 10.3 Å². The molecule has 1 amide bonds. The molecule has 4 nitrogen and oxygen atoms in total. The Labute approximate surface area is 163 Å². The van der Waals surface area contributed by atoms with Crippen molar-refractivity contribution in [3.8, 4) is 0 Å². The van der Waals surface area contributed by atoms with E-state index in [0.717, 1.165) is 16.5 Å². The molecule has 1 aromatic heterocycles. The first-order chi connectivity index (χ1) is 13.3. The van der Waals surface area contributed by atoms with Gasteiger partial charge in [0.15, 0.2) is 0 Å². The van der Waals surface area contributed by atoms with E-state index in [1.54, 1.807) is 18.4 Å². The van der Waals surface area contributed by atoms with Crippen LogP contribution in [0.2, 0.25) is 0 Å². The molecule has 0 fully saturated rings. The van der Waals surface area contributed by atoms with E-state index in [2.05, 4.69) is 10.3 Å². The quantitative estimate of drug-likeness (QED) is 0.808. The van der Waals surface area contributed by atoms with E-state index >= 15 is 0 Å². The van der Waals surface area contributed by atoms with E-state index in [1.165, 1.54) is 6.20 Å². The van der Waals surface area contributed by atoms with Crippen molar-refractivity contribution >= 4 is 33.2 Å². The van der Waals surface area contributed by atoms with Crippen molar-refractivity contribution in [3.63, 3.8) is 0 Å². The van der Waals surface area contributed by atoms with Gasteiger partial charge >= 0.3 is 6.18 Å². The Morgan fingerprint density at radius 1 is 1.36 bits per heavy atom. The standard InChI is InChI=1S/C20H21F3N2O2S/c1-28(27)10-9-24-19(26)15-11-14-3-2-4-17(18(14)25-12-15)13-5-7-16(8-6-13)20(21,22)23/h2-5,11-12,16H,6-10H2,1H3,(H,24,26). The third-order valence-corrected chi connectivity index (χ3v) is 5.65. The van der Waals surface area contributed by atoms with Crippen LogP contribution in [0.1, 0.15) is 35.2 Å². The molecule has 8 heteroatoms. The van der Waals surface area contributed by atoms with Gasteiger partial charge in [0.1, 0.15) is 0 Å². The van der Waals surface area contributed by atoms with Gasteiger partial charge < -0.3 is 5.32 Å². The van der Waals surface area contributed by atoms with Crippen molar-refractivity contribution in [1.29, 1.82) is 0 Å². The number of carbonyl (C=O) groups excluding carboxylic acids is 1. The SMILES string of the molecule is CS(=O)CCNC(=O)c1cnc2c(C3=CCC(C(F)(F)F)CC3)cccc2c1. The van der Waals surface area contributed by atoms with Crippen molar-refractivity contribution < 1.29 is 22.2 Å². The second-order valence-corrected chi connectivity index (χ2v) is 8.43. The Balaban J connectivity index is 1.82. The Kier molecular flexibility index (Phi) is 6.17. The summed E-state index contributed by atoms with van der Waals surface area (Å²) in [6.45, 7) is 0.313. The maximum atomic E-state index is 12.9. The number of alkyl halides is 3. The molecule has 2 aromatic rings. The highest BCUT2D eigenvalue weighted by atomic mass is 32.2. The number of nitrogens with one attached hydrogen (secondary N) is 1. The summed E-state index contributed by atoms with van der Waals surface area (Å²) in [7, 11) is -0.982. The lowest BCUT2D eigenvalue weighted by molar-refractivity contribution is -0.175. The van der Waals surface area contributed by atoms with E-state index in [9.17, 15) is 22.2 Å². The lowest BCUT2D eigenvalue weighted by Gasteiger charge is -2.24. The van der Waals surface area contributed by atoms with Gasteiger partial charge in [-0.3, -0.25) is 14.0 Å². The highest BCUT2D eigenvalue weighted by Crippen LogP contribution is 2.40. The third kappa shape index (κ3) is 4.79. The second-order valence-electron chi connectivity index (χ2n) is 6.88. The van der Waals surface area contributed by atoms with Crippen LogP contribution in [0.4, 0.5) is 13.2 Å². The first kappa shape index (κ1) is 20.5. The zero-order valence-corrected chi connectivity index (χ0v) is 16.2. The van der Waals surface area contributed by atoms with Crippen LogP contribution in [0.15, 0.2) is 36.5 Å². The number of carbonyl (C=O) groups is 1. The van der Waals surface area contributed by atoms with E-state index < -0.39 is 22.9 Å². The molecular formula is C20H21F3N2O2S. The van der Waals surface area contributed by atoms with Crippen molar-refractivity contribution in [2.75, 3.05) is 18.6 Å². The lowest BCUT2D eigenvalue weighted by Crippen LogP contribution is -2.27. The zero-order chi connectivity index (χ0) is 20.3. The molecule has 1 aliphatic carbocycles. The summed E-state index contributed by atoms with van der Waals surface area (Å²) in [4.78, 5) is 16.6. The molecule has 1 heterocycles. The molecule has 150 valence electrons. The molecule has 2 unspecified atom stereocenters. The third-order valence-electron chi connectivity index (χ3n) is 4.87. The molecule has 0 aliphatic heterocycles. The number of pyridine rings is 1. The predicted octanol–water partition coefficient (Wildman–Crippen LogP) is 4.09. The summed E-state index contributed by atoms with van der Waals surface area (Å²) in [5, 5.41) is 3.45. The highest BCUT2D eigenvalue weighted by molar-refractivity contribution is 7.84. The number of nitrogens with zero attached hydrogens (tertiary/aromatic N) is 1. The van der Waals surface area contributed by atoms with E-state index in [4.69, 9.17) is 0 Å². The molecule has 0 bridgehead atoms. The minimum Gasteiger partial charge on any atom is -0.351 e. The fourth-order valence-electron chi connectivity index (χ4n) is 3.33. The molecule has 0 saturated carbocycles. The molecule has 0 radical (unpaired) electrons. The number of fused-ring (bicyclic) bond motifs is 1. The van der Waals surface area contributed by atoms with Crippen molar-refractivity contribution in [2.24, 2.45) is 5.92 Å². The Hall–Kier alpha value is -2.22. The van der Waals surface area contributed by atoms with E-state index in [1.807, 2.05) is 18.2 Å². The normalized spacial score (nSPS) is 18.6. The molecule has 2 atom stereocenters. The summed E-state index contributed by atoms with van der Waals surface area (Å²) in [6, 6.07) is 7.21. The van der Waals surface area contributed by atoms with Crippen LogP contribution >= 0.6 is 0 Å². The van der Waals surface area contributed by atoms with Crippen LogP contribution < -0.4 is 5.32 Å². The molecule has 1 aromatic carbocycles. The van der Waals surface area contributed by atoms with Gasteiger partial charge in [0.25, 0.3) is 5.91 Å². The van der Waals surface area contributed by atoms with Gasteiger partial charge in [-0.15, -0.1) is 0 Å². The van der Waals surface area contributed by atoms with Crippen molar-refractivity contribution in [2.45, 2.75) is 25.4 Å². The summed E-state index contributed by atoms with van der Waals surface area (Å²) in [6.07, 6.45) is 0.935. The number of halogens is 3. The average Bonchev–Trinajstić information content (AvgIpc) is 2.66. The maximum Gasteiger partial charge on any atom is 0.392 e. The minimum atomic E-state index is -4.16. The van der Waals surface area contributed by atoms with Crippen LogP contribution in [0, 0.1) is 5.92 Å². The van der Waals surface area contributed by atoms with Gasteiger partial charge in [0.05, 0.1) is 17.0 Å². The average molecular weight is 410 g/mol. The summed E-state index contributed by atoms with van der Waals surface area (Å²) in [5.41, 5.74) is 2.74. The lowest BCUT2D eigenvalue weighted by atomic mass is 9.85. The van der Waals surface area contributed by atoms with Gasteiger partial charge in [-0.25, -0.2) is 0 Å². The van der Waals surface area contributed by atoms with Gasteiger partial charge in [0, 0.05) is 46.5 Å². The van der Waals surface area contributed by atoms with Gasteiger partial charge in [-0.2, -0.15) is 13.2 Å². The number of benzene rings is 1. The van der Waals surface area contributed by atoms with Crippen LogP contribution in [0.25, 0.3) is 16.5 Å². The van der Waals surface area contributed by atoms with E-state index in [0.29, 0.717) is 29.8 Å². The molecule has 3 rings (SSSR count). The summed E-state index contributed by atoms with van der Waals surface area (Å²) >= 11 is 0. The fraction of sp³-hybridized carbons (Fsp3) is 0.400. The summed E-state index contributed by atoms with van der Waals surface area (Å²) in [5.74, 6) is -1.20. The smallest absolute Gasteiger partial charge is 0.351 e. The van der Waals surface area contributed by atoms with Crippen LogP contribution in [0.3, 0.4) is 0 Å². The Morgan fingerprint density at radius 2 is 2.14 bits per heavy atom. The van der Waals surface area contributed by atoms with Crippen LogP contribution in [0.5, 0.6) is 0 Å². The summed E-state index contributed by atoms with van der Waals surface area (Å²) < 4.78 is 49.7. The molecule has 1 N–H and O–H groups in total. The molecule has 0 spiro atoms. The maximum absolute atomic E-state index is 12.9. The molecular weight excluding hydrogens is 389 g/mol. The fourth-order valence-corrected chi connectivity index (χ4v) is 3.72. The number of rotatable bonds is 5. The molecule has 28 heavy (non-hydrogen) atoms. The Morgan fingerprint density at radius 3 is 2.79 bits per heavy atom. The predicted molar refractivity (Wildman–Crippen MR) is 104 cm³/mol. The topological polar surface area (TPSA) is 59.1 Å². The number of hydrogen-bond donors (Lipinski definition) is 1. The monoisotopic (exact) mass is 410 g/mol. The van der Waals surface area contributed by atoms with Crippen LogP contribution in [-0.2, 0) is 10.8 Å². The van der Waals surface area contributed by atoms with Gasteiger partial charge in [-0.05, 0) is 30.9 Å². The first-order valence-corrected chi connectivity index (χ1v) is 10.7. The zero-order valence-electron chi connectivity index (χ0n) is 15.4. The molecule has 0 saturated heterocycles. The molecule has 1 aliphatic rings. The number of hydrogen-bond acceptors (Lipinski definition) is 3. The van der Waals surface area contributed by atoms with Crippen LogP contribution in [-0.4, -0.2) is 39.8 Å².